The number of benzene rings is 2. The molecular formula is C21H23FN2O2. The van der Waals surface area contributed by atoms with Crippen molar-refractivity contribution in [3.05, 3.63) is 65.5 Å². The molecule has 4 nitrogen and oxygen atoms in total. The van der Waals surface area contributed by atoms with Crippen LogP contribution in [0.5, 0.6) is 0 Å². The van der Waals surface area contributed by atoms with Crippen LogP contribution >= 0.6 is 0 Å². The molecule has 2 atom stereocenters. The summed E-state index contributed by atoms with van der Waals surface area (Å²) < 4.78 is 19.3. The van der Waals surface area contributed by atoms with E-state index in [4.69, 9.17) is 4.74 Å². The van der Waals surface area contributed by atoms with Crippen LogP contribution in [0.3, 0.4) is 0 Å². The van der Waals surface area contributed by atoms with E-state index in [1.807, 2.05) is 30.3 Å². The second-order valence-corrected chi connectivity index (χ2v) is 7.01. The SMILES string of the molecule is O=C(Nc1ccccc1CN1CCOCC1)[C@@H]1C[C@H]1c1ccccc1F. The van der Waals surface area contributed by atoms with Crippen LogP contribution in [0, 0.1) is 11.7 Å². The Kier molecular flexibility index (Phi) is 5.00. The molecule has 2 aliphatic rings. The van der Waals surface area contributed by atoms with E-state index in [1.165, 1.54) is 6.07 Å². The summed E-state index contributed by atoms with van der Waals surface area (Å²) in [7, 11) is 0. The fourth-order valence-electron chi connectivity index (χ4n) is 3.61. The lowest BCUT2D eigenvalue weighted by molar-refractivity contribution is -0.117. The summed E-state index contributed by atoms with van der Waals surface area (Å²) in [5.41, 5.74) is 2.60. The molecule has 4 rings (SSSR count). The van der Waals surface area contributed by atoms with Crippen LogP contribution in [-0.4, -0.2) is 37.1 Å². The first-order valence-electron chi connectivity index (χ1n) is 9.15. The zero-order chi connectivity index (χ0) is 17.9. The lowest BCUT2D eigenvalue weighted by Gasteiger charge is -2.27. The maximum atomic E-state index is 13.9. The van der Waals surface area contributed by atoms with Crippen LogP contribution in [0.4, 0.5) is 10.1 Å². The van der Waals surface area contributed by atoms with E-state index in [-0.39, 0.29) is 23.6 Å². The Labute approximate surface area is 153 Å². The van der Waals surface area contributed by atoms with Crippen molar-refractivity contribution < 1.29 is 13.9 Å². The van der Waals surface area contributed by atoms with E-state index in [2.05, 4.69) is 10.2 Å². The average molecular weight is 354 g/mol. The lowest BCUT2D eigenvalue weighted by atomic mass is 10.1. The van der Waals surface area contributed by atoms with E-state index < -0.39 is 0 Å². The van der Waals surface area contributed by atoms with Crippen LogP contribution in [-0.2, 0) is 16.1 Å². The number of carbonyl (C=O) groups excluding carboxylic acids is 1. The Morgan fingerprint density at radius 3 is 2.65 bits per heavy atom. The molecule has 0 aromatic heterocycles. The smallest absolute Gasteiger partial charge is 0.228 e. The molecule has 26 heavy (non-hydrogen) atoms. The first-order chi connectivity index (χ1) is 12.7. The van der Waals surface area contributed by atoms with Gasteiger partial charge in [-0.1, -0.05) is 36.4 Å². The van der Waals surface area contributed by atoms with Crippen molar-refractivity contribution >= 4 is 11.6 Å². The lowest BCUT2D eigenvalue weighted by Crippen LogP contribution is -2.35. The highest BCUT2D eigenvalue weighted by atomic mass is 19.1. The van der Waals surface area contributed by atoms with E-state index in [9.17, 15) is 9.18 Å². The first-order valence-corrected chi connectivity index (χ1v) is 9.15. The minimum absolute atomic E-state index is 0.0115. The molecule has 0 radical (unpaired) electrons. The molecule has 0 unspecified atom stereocenters. The topological polar surface area (TPSA) is 41.6 Å². The number of morpholine rings is 1. The summed E-state index contributed by atoms with van der Waals surface area (Å²) in [6, 6.07) is 14.6. The molecule has 0 spiro atoms. The minimum atomic E-state index is -0.222. The first kappa shape index (κ1) is 17.2. The van der Waals surface area contributed by atoms with Gasteiger partial charge in [0.05, 0.1) is 13.2 Å². The fraction of sp³-hybridized carbons (Fsp3) is 0.381. The van der Waals surface area contributed by atoms with Crippen molar-refractivity contribution in [2.45, 2.75) is 18.9 Å². The minimum Gasteiger partial charge on any atom is -0.379 e. The van der Waals surface area contributed by atoms with Gasteiger partial charge in [-0.2, -0.15) is 0 Å². The number of rotatable bonds is 5. The number of para-hydroxylation sites is 1. The zero-order valence-corrected chi connectivity index (χ0v) is 14.7. The average Bonchev–Trinajstić information content (AvgIpc) is 3.45. The Morgan fingerprint density at radius 1 is 1.12 bits per heavy atom. The summed E-state index contributed by atoms with van der Waals surface area (Å²) in [6.07, 6.45) is 0.707. The van der Waals surface area contributed by atoms with E-state index in [0.717, 1.165) is 44.1 Å². The fourth-order valence-corrected chi connectivity index (χ4v) is 3.61. The largest absolute Gasteiger partial charge is 0.379 e. The molecule has 5 heteroatoms. The van der Waals surface area contributed by atoms with Crippen LogP contribution in [0.2, 0.25) is 0 Å². The van der Waals surface area contributed by atoms with E-state index >= 15 is 0 Å². The standard InChI is InChI=1S/C21H23FN2O2/c22-19-7-3-2-6-16(19)17-13-18(17)21(25)23-20-8-4-1-5-15(20)14-24-9-11-26-12-10-24/h1-8,17-18H,9-14H2,(H,23,25)/t17-,18+/m0/s1. The normalized spacial score (nSPS) is 22.8. The number of amides is 1. The molecule has 1 saturated heterocycles. The molecule has 1 N–H and O–H groups in total. The van der Waals surface area contributed by atoms with Gasteiger partial charge in [0.2, 0.25) is 5.91 Å². The molecule has 1 aliphatic carbocycles. The zero-order valence-electron chi connectivity index (χ0n) is 14.7. The summed E-state index contributed by atoms with van der Waals surface area (Å²) in [5, 5.41) is 3.06. The molecule has 0 bridgehead atoms. The van der Waals surface area contributed by atoms with Crippen LogP contribution in [0.25, 0.3) is 0 Å². The summed E-state index contributed by atoms with van der Waals surface area (Å²) in [5.74, 6) is -0.404. The molecule has 1 saturated carbocycles. The molecule has 136 valence electrons. The predicted molar refractivity (Wildman–Crippen MR) is 98.4 cm³/mol. The van der Waals surface area contributed by atoms with Crippen molar-refractivity contribution in [3.8, 4) is 0 Å². The van der Waals surface area contributed by atoms with E-state index in [1.54, 1.807) is 12.1 Å². The van der Waals surface area contributed by atoms with Crippen LogP contribution in [0.15, 0.2) is 48.5 Å². The maximum Gasteiger partial charge on any atom is 0.228 e. The van der Waals surface area contributed by atoms with Gasteiger partial charge >= 0.3 is 0 Å². The molecule has 2 fully saturated rings. The van der Waals surface area contributed by atoms with Gasteiger partial charge in [-0.3, -0.25) is 9.69 Å². The second-order valence-electron chi connectivity index (χ2n) is 7.01. The summed E-state index contributed by atoms with van der Waals surface area (Å²) in [6.45, 7) is 4.10. The Hall–Kier alpha value is -2.24. The van der Waals surface area contributed by atoms with Crippen molar-refractivity contribution in [3.63, 3.8) is 0 Å². The number of halogens is 1. The number of hydrogen-bond acceptors (Lipinski definition) is 3. The molecule has 2 aromatic rings. The Bertz CT molecular complexity index is 789. The van der Waals surface area contributed by atoms with Gasteiger partial charge in [-0.15, -0.1) is 0 Å². The number of nitrogens with zero attached hydrogens (tertiary/aromatic N) is 1. The van der Waals surface area contributed by atoms with Gasteiger partial charge < -0.3 is 10.1 Å². The molecule has 1 amide bonds. The van der Waals surface area contributed by atoms with Gasteiger partial charge in [0.15, 0.2) is 0 Å². The quantitative estimate of drug-likeness (QED) is 0.895. The Morgan fingerprint density at radius 2 is 1.85 bits per heavy atom. The third-order valence-electron chi connectivity index (χ3n) is 5.20. The number of anilines is 1. The van der Waals surface area contributed by atoms with Crippen molar-refractivity contribution in [2.24, 2.45) is 5.92 Å². The van der Waals surface area contributed by atoms with Crippen molar-refractivity contribution in [2.75, 3.05) is 31.6 Å². The van der Waals surface area contributed by atoms with Crippen LogP contribution < -0.4 is 5.32 Å². The van der Waals surface area contributed by atoms with Crippen molar-refractivity contribution in [1.82, 2.24) is 4.90 Å². The third kappa shape index (κ3) is 3.79. The molecular weight excluding hydrogens is 331 g/mol. The maximum absolute atomic E-state index is 13.9. The van der Waals surface area contributed by atoms with Gasteiger partial charge in [-0.05, 0) is 35.6 Å². The second kappa shape index (κ2) is 7.56. The molecule has 2 aromatic carbocycles. The summed E-state index contributed by atoms with van der Waals surface area (Å²) in [4.78, 5) is 15.0. The number of ether oxygens (including phenoxy) is 1. The highest BCUT2D eigenvalue weighted by molar-refractivity contribution is 5.95. The third-order valence-corrected chi connectivity index (χ3v) is 5.20. The van der Waals surface area contributed by atoms with Gasteiger partial charge in [0, 0.05) is 31.2 Å². The highest BCUT2D eigenvalue weighted by Crippen LogP contribution is 2.48. The van der Waals surface area contributed by atoms with E-state index in [0.29, 0.717) is 12.0 Å². The highest BCUT2D eigenvalue weighted by Gasteiger charge is 2.45. The molecule has 1 aliphatic heterocycles. The number of carbonyl (C=O) groups is 1. The summed E-state index contributed by atoms with van der Waals surface area (Å²) >= 11 is 0. The molecule has 1 heterocycles. The number of nitrogens with one attached hydrogen (secondary N) is 1. The van der Waals surface area contributed by atoms with Crippen molar-refractivity contribution in [1.29, 1.82) is 0 Å². The van der Waals surface area contributed by atoms with Gasteiger partial charge in [0.1, 0.15) is 5.82 Å². The van der Waals surface area contributed by atoms with Gasteiger partial charge in [0.25, 0.3) is 0 Å². The number of hydrogen-bond donors (Lipinski definition) is 1. The monoisotopic (exact) mass is 354 g/mol. The predicted octanol–water partition coefficient (Wildman–Crippen LogP) is 3.40. The van der Waals surface area contributed by atoms with Gasteiger partial charge in [-0.25, -0.2) is 4.39 Å². The Balaban J connectivity index is 1.41. The van der Waals surface area contributed by atoms with Crippen LogP contribution in [0.1, 0.15) is 23.5 Å².